The Morgan fingerprint density at radius 1 is 1.17 bits per heavy atom. The number of likely N-dealkylation sites (tertiary alicyclic amines) is 2. The van der Waals surface area contributed by atoms with E-state index in [1.165, 1.54) is 24.7 Å². The van der Waals surface area contributed by atoms with Gasteiger partial charge in [0.15, 0.2) is 0 Å². The summed E-state index contributed by atoms with van der Waals surface area (Å²) in [5, 5.41) is 0. The van der Waals surface area contributed by atoms with Crippen molar-refractivity contribution in [3.8, 4) is 0 Å². The van der Waals surface area contributed by atoms with Crippen molar-refractivity contribution in [1.29, 1.82) is 0 Å². The molecule has 3 heterocycles. The third-order valence-electron chi connectivity index (χ3n) is 5.19. The van der Waals surface area contributed by atoms with Crippen LogP contribution in [0, 0.1) is 5.82 Å². The van der Waals surface area contributed by atoms with E-state index in [0.717, 1.165) is 44.6 Å². The first-order chi connectivity index (χ1) is 11.2. The number of benzene rings is 1. The van der Waals surface area contributed by atoms with Gasteiger partial charge in [-0.25, -0.2) is 4.39 Å². The molecule has 1 atom stereocenters. The van der Waals surface area contributed by atoms with Gasteiger partial charge in [-0.05, 0) is 36.6 Å². The minimum atomic E-state index is -0.204. The molecular formula is C18H19FN2O2. The third-order valence-corrected chi connectivity index (χ3v) is 5.19. The predicted octanol–water partition coefficient (Wildman–Crippen LogP) is 2.91. The van der Waals surface area contributed by atoms with E-state index < -0.39 is 0 Å². The van der Waals surface area contributed by atoms with Crippen LogP contribution in [-0.4, -0.2) is 40.9 Å². The lowest BCUT2D eigenvalue weighted by atomic mass is 9.83. The van der Waals surface area contributed by atoms with Gasteiger partial charge in [0.25, 0.3) is 5.91 Å². The fraction of sp³-hybridized carbons (Fsp3) is 0.389. The van der Waals surface area contributed by atoms with Crippen molar-refractivity contribution in [2.45, 2.75) is 24.9 Å². The summed E-state index contributed by atoms with van der Waals surface area (Å²) in [7, 11) is 0. The van der Waals surface area contributed by atoms with Crippen molar-refractivity contribution < 1.29 is 13.6 Å². The van der Waals surface area contributed by atoms with Crippen LogP contribution in [0.2, 0.25) is 0 Å². The van der Waals surface area contributed by atoms with Crippen LogP contribution in [0.5, 0.6) is 0 Å². The molecule has 120 valence electrons. The average molecular weight is 314 g/mol. The number of nitrogens with zero attached hydrogens (tertiary/aromatic N) is 2. The van der Waals surface area contributed by atoms with Crippen molar-refractivity contribution in [2.75, 3.05) is 19.6 Å². The number of amides is 1. The second-order valence-electron chi connectivity index (χ2n) is 6.51. The summed E-state index contributed by atoms with van der Waals surface area (Å²) < 4.78 is 18.0. The Bertz CT molecular complexity index is 698. The van der Waals surface area contributed by atoms with Gasteiger partial charge in [-0.3, -0.25) is 9.69 Å². The van der Waals surface area contributed by atoms with Crippen molar-refractivity contribution in [3.63, 3.8) is 0 Å². The molecule has 0 N–H and O–H groups in total. The van der Waals surface area contributed by atoms with E-state index in [1.54, 1.807) is 6.07 Å². The van der Waals surface area contributed by atoms with Crippen LogP contribution in [-0.2, 0) is 6.54 Å². The molecule has 23 heavy (non-hydrogen) atoms. The van der Waals surface area contributed by atoms with Gasteiger partial charge in [0.2, 0.25) is 0 Å². The zero-order chi connectivity index (χ0) is 15.9. The first kappa shape index (κ1) is 14.5. The fourth-order valence-corrected chi connectivity index (χ4v) is 3.70. The highest BCUT2D eigenvalue weighted by atomic mass is 19.1. The minimum Gasteiger partial charge on any atom is -0.472 e. The maximum atomic E-state index is 13.0. The Hall–Kier alpha value is -2.14. The van der Waals surface area contributed by atoms with Crippen LogP contribution in [0.1, 0.15) is 28.8 Å². The number of hydrogen-bond donors (Lipinski definition) is 0. The Balaban J connectivity index is 1.43. The highest BCUT2D eigenvalue weighted by Gasteiger charge is 2.50. The molecule has 1 spiro atoms. The molecule has 1 unspecified atom stereocenters. The van der Waals surface area contributed by atoms with Gasteiger partial charge in [0, 0.05) is 31.7 Å². The SMILES string of the molecule is O=C(c1ccoc1)N1CCC2(CCN2Cc2ccc(F)cc2)C1. The predicted molar refractivity (Wildman–Crippen MR) is 83.4 cm³/mol. The Kier molecular flexibility index (Phi) is 3.45. The van der Waals surface area contributed by atoms with Gasteiger partial charge in [0.1, 0.15) is 12.1 Å². The zero-order valence-electron chi connectivity index (χ0n) is 12.9. The molecule has 0 radical (unpaired) electrons. The normalized spacial score (nSPS) is 24.1. The number of halogens is 1. The number of rotatable bonds is 3. The zero-order valence-corrected chi connectivity index (χ0v) is 12.9. The van der Waals surface area contributed by atoms with Crippen LogP contribution in [0.25, 0.3) is 0 Å². The van der Waals surface area contributed by atoms with Crippen LogP contribution < -0.4 is 0 Å². The highest BCUT2D eigenvalue weighted by Crippen LogP contribution is 2.40. The molecule has 2 saturated heterocycles. The lowest BCUT2D eigenvalue weighted by Gasteiger charge is -2.50. The van der Waals surface area contributed by atoms with Gasteiger partial charge >= 0.3 is 0 Å². The van der Waals surface area contributed by atoms with Crippen LogP contribution in [0.4, 0.5) is 4.39 Å². The van der Waals surface area contributed by atoms with Gasteiger partial charge in [0.05, 0.1) is 11.8 Å². The number of carbonyl (C=O) groups is 1. The summed E-state index contributed by atoms with van der Waals surface area (Å²) in [4.78, 5) is 16.8. The van der Waals surface area contributed by atoms with Crippen molar-refractivity contribution in [1.82, 2.24) is 9.80 Å². The molecule has 0 saturated carbocycles. The highest BCUT2D eigenvalue weighted by molar-refractivity contribution is 5.94. The summed E-state index contributed by atoms with van der Waals surface area (Å²) in [5.74, 6) is -0.158. The lowest BCUT2D eigenvalue weighted by molar-refractivity contribution is -0.0131. The Morgan fingerprint density at radius 2 is 1.96 bits per heavy atom. The number of carbonyl (C=O) groups excluding carboxylic acids is 1. The minimum absolute atomic E-state index is 0.0456. The summed E-state index contributed by atoms with van der Waals surface area (Å²) >= 11 is 0. The Morgan fingerprint density at radius 3 is 2.61 bits per heavy atom. The molecule has 2 aliphatic heterocycles. The molecule has 2 aliphatic rings. The number of hydrogen-bond acceptors (Lipinski definition) is 3. The molecule has 2 fully saturated rings. The van der Waals surface area contributed by atoms with E-state index in [9.17, 15) is 9.18 Å². The van der Waals surface area contributed by atoms with Crippen molar-refractivity contribution in [3.05, 3.63) is 59.8 Å². The van der Waals surface area contributed by atoms with E-state index >= 15 is 0 Å². The van der Waals surface area contributed by atoms with E-state index in [-0.39, 0.29) is 17.3 Å². The van der Waals surface area contributed by atoms with Crippen molar-refractivity contribution >= 4 is 5.91 Å². The second kappa shape index (κ2) is 5.49. The van der Waals surface area contributed by atoms with Crippen molar-refractivity contribution in [2.24, 2.45) is 0 Å². The van der Waals surface area contributed by atoms with E-state index in [1.807, 2.05) is 17.0 Å². The van der Waals surface area contributed by atoms with E-state index in [0.29, 0.717) is 5.56 Å². The number of furan rings is 1. The standard InChI is InChI=1S/C18H19FN2O2/c19-16-3-1-14(2-4-16)11-21-9-7-18(21)6-8-20(13-18)17(22)15-5-10-23-12-15/h1-5,10,12H,6-9,11,13H2. The van der Waals surface area contributed by atoms with Crippen LogP contribution in [0.15, 0.2) is 47.3 Å². The maximum Gasteiger partial charge on any atom is 0.257 e. The van der Waals surface area contributed by atoms with E-state index in [2.05, 4.69) is 4.90 Å². The molecule has 1 aromatic carbocycles. The van der Waals surface area contributed by atoms with Gasteiger partial charge < -0.3 is 9.32 Å². The average Bonchev–Trinajstić information content (AvgIpc) is 3.23. The van der Waals surface area contributed by atoms with Gasteiger partial charge in [-0.2, -0.15) is 0 Å². The summed E-state index contributed by atoms with van der Waals surface area (Å²) in [5.41, 5.74) is 1.82. The van der Waals surface area contributed by atoms with Gasteiger partial charge in [-0.1, -0.05) is 12.1 Å². The summed E-state index contributed by atoms with van der Waals surface area (Å²) in [6.07, 6.45) is 5.15. The van der Waals surface area contributed by atoms with E-state index in [4.69, 9.17) is 4.42 Å². The first-order valence-electron chi connectivity index (χ1n) is 7.97. The fourth-order valence-electron chi connectivity index (χ4n) is 3.70. The smallest absolute Gasteiger partial charge is 0.257 e. The summed E-state index contributed by atoms with van der Waals surface area (Å²) in [6, 6.07) is 8.40. The molecule has 2 aromatic rings. The maximum absolute atomic E-state index is 13.0. The second-order valence-corrected chi connectivity index (χ2v) is 6.51. The van der Waals surface area contributed by atoms with Crippen LogP contribution >= 0.6 is 0 Å². The van der Waals surface area contributed by atoms with Gasteiger partial charge in [-0.15, -0.1) is 0 Å². The third kappa shape index (κ3) is 2.55. The molecule has 4 rings (SSSR count). The molecule has 0 aliphatic carbocycles. The van der Waals surface area contributed by atoms with Crippen LogP contribution in [0.3, 0.4) is 0 Å². The molecule has 4 nitrogen and oxygen atoms in total. The summed E-state index contributed by atoms with van der Waals surface area (Å²) in [6.45, 7) is 3.39. The quantitative estimate of drug-likeness (QED) is 0.874. The molecule has 1 amide bonds. The molecule has 5 heteroatoms. The molecular weight excluding hydrogens is 295 g/mol. The lowest BCUT2D eigenvalue weighted by Crippen LogP contribution is -2.60. The first-order valence-corrected chi connectivity index (χ1v) is 7.97. The molecule has 0 bridgehead atoms. The monoisotopic (exact) mass is 314 g/mol. The molecule has 1 aromatic heterocycles. The largest absolute Gasteiger partial charge is 0.472 e. The Labute approximate surface area is 134 Å². The topological polar surface area (TPSA) is 36.7 Å².